The van der Waals surface area contributed by atoms with Crippen molar-refractivity contribution in [3.63, 3.8) is 0 Å². The van der Waals surface area contributed by atoms with E-state index in [0.29, 0.717) is 6.04 Å². The van der Waals surface area contributed by atoms with Crippen molar-refractivity contribution < 1.29 is 4.74 Å². The first-order valence-electron chi connectivity index (χ1n) is 8.94. The molecule has 1 atom stereocenters. The summed E-state index contributed by atoms with van der Waals surface area (Å²) in [5.41, 5.74) is 0. The van der Waals surface area contributed by atoms with Gasteiger partial charge in [-0.1, -0.05) is 26.7 Å². The zero-order chi connectivity index (χ0) is 16.2. The summed E-state index contributed by atoms with van der Waals surface area (Å²) in [4.78, 5) is 7.00. The Morgan fingerprint density at radius 1 is 1.17 bits per heavy atom. The van der Waals surface area contributed by atoms with E-state index >= 15 is 0 Å². The molecule has 0 aromatic carbocycles. The summed E-state index contributed by atoms with van der Waals surface area (Å²) in [5.74, 6) is 1.67. The van der Waals surface area contributed by atoms with Crippen LogP contribution in [0.15, 0.2) is 4.99 Å². The molecule has 0 radical (unpaired) electrons. The molecular weight excluding hydrogens is 403 g/mol. The number of guanidine groups is 1. The molecule has 1 unspecified atom stereocenters. The lowest BCUT2D eigenvalue weighted by Gasteiger charge is -2.34. The Bertz CT molecular complexity index is 303. The van der Waals surface area contributed by atoms with E-state index < -0.39 is 0 Å². The number of methoxy groups -OCH3 is 1. The first kappa shape index (κ1) is 22.9. The third-order valence-corrected chi connectivity index (χ3v) is 4.72. The van der Waals surface area contributed by atoms with E-state index in [-0.39, 0.29) is 24.0 Å². The average molecular weight is 440 g/mol. The van der Waals surface area contributed by atoms with E-state index in [9.17, 15) is 0 Å². The number of ether oxygens (including phenoxy) is 1. The molecule has 1 fully saturated rings. The lowest BCUT2D eigenvalue weighted by molar-refractivity contribution is 0.166. The molecule has 0 spiro atoms. The van der Waals surface area contributed by atoms with Crippen molar-refractivity contribution in [2.24, 2.45) is 10.9 Å². The summed E-state index contributed by atoms with van der Waals surface area (Å²) in [7, 11) is 3.58. The Balaban J connectivity index is 0.00000484. The Hall–Kier alpha value is -0.0800. The van der Waals surface area contributed by atoms with Crippen molar-refractivity contribution >= 4 is 29.9 Å². The molecule has 138 valence electrons. The second-order valence-corrected chi connectivity index (χ2v) is 6.11. The molecule has 0 aliphatic carbocycles. The van der Waals surface area contributed by atoms with E-state index in [4.69, 9.17) is 4.74 Å². The Morgan fingerprint density at radius 3 is 2.35 bits per heavy atom. The van der Waals surface area contributed by atoms with E-state index in [1.807, 2.05) is 7.05 Å². The van der Waals surface area contributed by atoms with Crippen molar-refractivity contribution in [2.45, 2.75) is 52.0 Å². The maximum absolute atomic E-state index is 5.08. The molecule has 0 amide bonds. The van der Waals surface area contributed by atoms with Crippen LogP contribution in [0.3, 0.4) is 0 Å². The van der Waals surface area contributed by atoms with Crippen molar-refractivity contribution in [3.8, 4) is 0 Å². The topological polar surface area (TPSA) is 48.9 Å². The largest absolute Gasteiger partial charge is 0.385 e. The van der Waals surface area contributed by atoms with E-state index in [1.165, 1.54) is 38.8 Å². The van der Waals surface area contributed by atoms with Gasteiger partial charge in [0.1, 0.15) is 0 Å². The number of hydrogen-bond acceptors (Lipinski definition) is 3. The van der Waals surface area contributed by atoms with Crippen LogP contribution >= 0.6 is 24.0 Å². The van der Waals surface area contributed by atoms with Crippen LogP contribution < -0.4 is 10.6 Å². The maximum atomic E-state index is 5.08. The minimum atomic E-state index is 0. The molecule has 1 aliphatic rings. The van der Waals surface area contributed by atoms with Crippen molar-refractivity contribution in [3.05, 3.63) is 0 Å². The zero-order valence-electron chi connectivity index (χ0n) is 15.4. The minimum absolute atomic E-state index is 0. The number of halogens is 1. The number of hydrogen-bond donors (Lipinski definition) is 2. The molecule has 23 heavy (non-hydrogen) atoms. The number of nitrogens with zero attached hydrogens (tertiary/aromatic N) is 2. The highest BCUT2D eigenvalue weighted by Gasteiger charge is 2.27. The first-order chi connectivity index (χ1) is 10.8. The molecule has 0 saturated carbocycles. The molecule has 6 heteroatoms. The predicted octanol–water partition coefficient (Wildman–Crippen LogP) is 2.71. The van der Waals surface area contributed by atoms with Crippen LogP contribution in [0.4, 0.5) is 0 Å². The van der Waals surface area contributed by atoms with Crippen LogP contribution in [-0.4, -0.2) is 63.8 Å². The van der Waals surface area contributed by atoms with Gasteiger partial charge in [0, 0.05) is 39.9 Å². The van der Waals surface area contributed by atoms with Crippen molar-refractivity contribution in [2.75, 3.05) is 46.9 Å². The summed E-state index contributed by atoms with van der Waals surface area (Å²) in [6, 6.07) is 0.620. The second kappa shape index (κ2) is 14.3. The average Bonchev–Trinajstić information content (AvgIpc) is 3.07. The summed E-state index contributed by atoms with van der Waals surface area (Å²) in [6.07, 6.45) is 6.19. The fourth-order valence-corrected chi connectivity index (χ4v) is 3.35. The fourth-order valence-electron chi connectivity index (χ4n) is 3.35. The Labute approximate surface area is 160 Å². The third-order valence-electron chi connectivity index (χ3n) is 4.72. The summed E-state index contributed by atoms with van der Waals surface area (Å²) in [5, 5.41) is 6.89. The molecule has 1 aliphatic heterocycles. The van der Waals surface area contributed by atoms with Crippen molar-refractivity contribution in [1.29, 1.82) is 0 Å². The van der Waals surface area contributed by atoms with E-state index in [2.05, 4.69) is 34.4 Å². The van der Waals surface area contributed by atoms with Gasteiger partial charge in [-0.2, -0.15) is 0 Å². The van der Waals surface area contributed by atoms with E-state index in [1.54, 1.807) is 7.11 Å². The monoisotopic (exact) mass is 440 g/mol. The molecule has 2 N–H and O–H groups in total. The summed E-state index contributed by atoms with van der Waals surface area (Å²) < 4.78 is 5.08. The van der Waals surface area contributed by atoms with Crippen LogP contribution in [0, 0.1) is 5.92 Å². The van der Waals surface area contributed by atoms with Gasteiger partial charge in [-0.05, 0) is 38.3 Å². The number of rotatable bonds is 10. The summed E-state index contributed by atoms with van der Waals surface area (Å²) in [6.45, 7) is 9.80. The standard InChI is InChI=1S/C17H36N4O.HI/c1-5-15(6-2)16(21-11-7-8-12-21)14-20-17(18-3)19-10-9-13-22-4;/h15-16H,5-14H2,1-4H3,(H2,18,19,20);1H. The highest BCUT2D eigenvalue weighted by Crippen LogP contribution is 2.22. The quantitative estimate of drug-likeness (QED) is 0.237. The van der Waals surface area contributed by atoms with Gasteiger partial charge in [0.2, 0.25) is 0 Å². The molecular formula is C17H37IN4O. The van der Waals surface area contributed by atoms with Crippen LogP contribution in [-0.2, 0) is 4.74 Å². The normalized spacial score (nSPS) is 17.2. The summed E-state index contributed by atoms with van der Waals surface area (Å²) >= 11 is 0. The van der Waals surface area contributed by atoms with Gasteiger partial charge in [0.25, 0.3) is 0 Å². The predicted molar refractivity (Wildman–Crippen MR) is 110 cm³/mol. The minimum Gasteiger partial charge on any atom is -0.385 e. The van der Waals surface area contributed by atoms with Gasteiger partial charge >= 0.3 is 0 Å². The number of likely N-dealkylation sites (tertiary alicyclic amines) is 1. The van der Waals surface area contributed by atoms with E-state index in [0.717, 1.165) is 38.0 Å². The van der Waals surface area contributed by atoms with Gasteiger partial charge in [0.05, 0.1) is 0 Å². The van der Waals surface area contributed by atoms with Crippen LogP contribution in [0.25, 0.3) is 0 Å². The molecule has 0 aromatic heterocycles. The van der Waals surface area contributed by atoms with Gasteiger partial charge in [-0.3, -0.25) is 9.89 Å². The van der Waals surface area contributed by atoms with Gasteiger partial charge in [0.15, 0.2) is 5.96 Å². The second-order valence-electron chi connectivity index (χ2n) is 6.11. The van der Waals surface area contributed by atoms with Crippen LogP contribution in [0.1, 0.15) is 46.0 Å². The molecule has 1 heterocycles. The highest BCUT2D eigenvalue weighted by atomic mass is 127. The van der Waals surface area contributed by atoms with Crippen LogP contribution in [0.5, 0.6) is 0 Å². The molecule has 1 saturated heterocycles. The molecule has 1 rings (SSSR count). The Kier molecular flexibility index (Phi) is 14.2. The molecule has 0 bridgehead atoms. The SMILES string of the molecule is CCC(CC)C(CNC(=NC)NCCCOC)N1CCCC1.I. The molecule has 0 aromatic rings. The highest BCUT2D eigenvalue weighted by molar-refractivity contribution is 14.0. The maximum Gasteiger partial charge on any atom is 0.191 e. The number of aliphatic imine (C=N–C) groups is 1. The van der Waals surface area contributed by atoms with Gasteiger partial charge in [-0.15, -0.1) is 24.0 Å². The lowest BCUT2D eigenvalue weighted by atomic mass is 9.93. The lowest BCUT2D eigenvalue weighted by Crippen LogP contribution is -2.49. The first-order valence-corrected chi connectivity index (χ1v) is 8.94. The smallest absolute Gasteiger partial charge is 0.191 e. The molecule has 5 nitrogen and oxygen atoms in total. The van der Waals surface area contributed by atoms with Crippen LogP contribution in [0.2, 0.25) is 0 Å². The Morgan fingerprint density at radius 2 is 1.83 bits per heavy atom. The zero-order valence-corrected chi connectivity index (χ0v) is 17.8. The van der Waals surface area contributed by atoms with Crippen molar-refractivity contribution in [1.82, 2.24) is 15.5 Å². The van der Waals surface area contributed by atoms with Gasteiger partial charge < -0.3 is 15.4 Å². The third kappa shape index (κ3) is 8.54. The number of nitrogens with one attached hydrogen (secondary N) is 2. The fraction of sp³-hybridized carbons (Fsp3) is 0.941. The van der Waals surface area contributed by atoms with Gasteiger partial charge in [-0.25, -0.2) is 0 Å².